The van der Waals surface area contributed by atoms with Crippen LogP contribution >= 0.6 is 0 Å². The fraction of sp³-hybridized carbons (Fsp3) is 0.0625. The lowest BCUT2D eigenvalue weighted by Gasteiger charge is -2.01. The van der Waals surface area contributed by atoms with Crippen LogP contribution in [0.4, 0.5) is 18.9 Å². The van der Waals surface area contributed by atoms with Crippen molar-refractivity contribution in [1.29, 1.82) is 5.41 Å². The molecule has 0 fully saturated rings. The third-order valence-corrected chi connectivity index (χ3v) is 3.30. The molecule has 0 atom stereocenters. The van der Waals surface area contributed by atoms with Gasteiger partial charge in [0, 0.05) is 36.0 Å². The van der Waals surface area contributed by atoms with Gasteiger partial charge in [0.15, 0.2) is 0 Å². The van der Waals surface area contributed by atoms with Gasteiger partial charge in [-0.15, -0.1) is 0 Å². The van der Waals surface area contributed by atoms with Crippen molar-refractivity contribution >= 4 is 22.3 Å². The molecule has 2 heterocycles. The first-order chi connectivity index (χ1) is 11.4. The molecule has 122 valence electrons. The molecule has 0 spiro atoms. The molecule has 2 aromatic heterocycles. The van der Waals surface area contributed by atoms with Gasteiger partial charge in [-0.25, -0.2) is 4.68 Å². The molecule has 0 amide bonds. The largest absolute Gasteiger partial charge is 0.432 e. The van der Waals surface area contributed by atoms with E-state index in [4.69, 9.17) is 5.41 Å². The molecule has 0 aliphatic carbocycles. The van der Waals surface area contributed by atoms with Gasteiger partial charge < -0.3 is 0 Å². The third kappa shape index (κ3) is 3.49. The van der Waals surface area contributed by atoms with E-state index < -0.39 is 11.9 Å². The number of nitrogens with two attached hydrogens (primary N) is 1. The summed E-state index contributed by atoms with van der Waals surface area (Å²) in [5, 5.41) is 13.7. The number of hydrogen-bond donors (Lipinski definition) is 2. The highest BCUT2D eigenvalue weighted by atomic mass is 19.4. The molecule has 0 aliphatic rings. The average molecular weight is 332 g/mol. The summed E-state index contributed by atoms with van der Waals surface area (Å²) in [6.07, 6.45) is 2.49. The Bertz CT molecular complexity index is 897. The van der Waals surface area contributed by atoms with Crippen molar-refractivity contribution in [2.45, 2.75) is 6.18 Å². The van der Waals surface area contributed by atoms with Crippen LogP contribution in [0.5, 0.6) is 0 Å². The number of hydrogen-bond acceptors (Lipinski definition) is 3. The Morgan fingerprint density at radius 3 is 2.79 bits per heavy atom. The van der Waals surface area contributed by atoms with Crippen LogP contribution in [0.15, 0.2) is 61.2 Å². The molecular formula is C16H13F3N5+. The van der Waals surface area contributed by atoms with Gasteiger partial charge in [0.25, 0.3) is 0 Å². The van der Waals surface area contributed by atoms with Gasteiger partial charge in [0.05, 0.1) is 23.6 Å². The number of nitrogens with zero attached hydrogens (tertiary/aromatic N) is 3. The number of halogens is 3. The lowest BCUT2D eigenvalue weighted by atomic mass is 10.2. The van der Waals surface area contributed by atoms with E-state index in [1.165, 1.54) is 11.5 Å². The molecule has 0 bridgehead atoms. The second-order valence-electron chi connectivity index (χ2n) is 5.04. The Hall–Kier alpha value is -3.00. The highest BCUT2D eigenvalue weighted by molar-refractivity contribution is 5.96. The lowest BCUT2D eigenvalue weighted by molar-refractivity contribution is -0.496. The van der Waals surface area contributed by atoms with Crippen LogP contribution in [0.25, 0.3) is 16.6 Å². The second-order valence-corrected chi connectivity index (χ2v) is 5.04. The highest BCUT2D eigenvalue weighted by Gasteiger charge is 2.32. The van der Waals surface area contributed by atoms with Crippen molar-refractivity contribution in [3.05, 3.63) is 61.2 Å². The quantitative estimate of drug-likeness (QED) is 0.570. The summed E-state index contributed by atoms with van der Waals surface area (Å²) in [5.74, 6) is 0. The molecular weight excluding hydrogens is 319 g/mol. The van der Waals surface area contributed by atoms with E-state index in [9.17, 15) is 13.2 Å². The molecule has 8 heteroatoms. The van der Waals surface area contributed by atoms with Crippen molar-refractivity contribution < 1.29 is 18.5 Å². The number of nitrogens with one attached hydrogen (secondary N) is 1. The summed E-state index contributed by atoms with van der Waals surface area (Å²) in [4.78, 5) is 4.04. The Kier molecular flexibility index (Phi) is 4.13. The van der Waals surface area contributed by atoms with Crippen LogP contribution in [-0.4, -0.2) is 26.7 Å². The van der Waals surface area contributed by atoms with Gasteiger partial charge in [0.1, 0.15) is 11.4 Å². The number of pyridine rings is 1. The normalized spacial score (nSPS) is 12.1. The highest BCUT2D eigenvalue weighted by Crippen LogP contribution is 2.18. The van der Waals surface area contributed by atoms with Gasteiger partial charge in [-0.2, -0.15) is 18.3 Å². The molecule has 1 aromatic carbocycles. The Morgan fingerprint density at radius 2 is 2.08 bits per heavy atom. The first kappa shape index (κ1) is 15.9. The Balaban J connectivity index is 1.79. The van der Waals surface area contributed by atoms with Crippen molar-refractivity contribution in [1.82, 2.24) is 14.8 Å². The van der Waals surface area contributed by atoms with Crippen molar-refractivity contribution in [2.75, 3.05) is 0 Å². The van der Waals surface area contributed by atoms with Crippen molar-refractivity contribution in [3.8, 4) is 5.69 Å². The smallest absolute Gasteiger partial charge is 0.296 e. The standard InChI is InChI=1S/C16H12F3N5/c17-16(18,19)15(20)5-7-22-12-3-4-14-11(8-12)10-24(23-14)13-2-1-6-21-9-13/h1-10,20,22H/p+1. The lowest BCUT2D eigenvalue weighted by Crippen LogP contribution is -2.71. The number of rotatable bonds is 4. The van der Waals surface area contributed by atoms with Crippen LogP contribution in [0.2, 0.25) is 0 Å². The molecule has 0 radical (unpaired) electrons. The molecule has 3 rings (SSSR count). The zero-order chi connectivity index (χ0) is 17.2. The molecule has 24 heavy (non-hydrogen) atoms. The average Bonchev–Trinajstić information content (AvgIpc) is 2.98. The molecule has 5 nitrogen and oxygen atoms in total. The number of benzene rings is 1. The zero-order valence-corrected chi connectivity index (χ0v) is 12.3. The van der Waals surface area contributed by atoms with E-state index in [0.29, 0.717) is 0 Å². The zero-order valence-electron chi connectivity index (χ0n) is 12.3. The summed E-state index contributed by atoms with van der Waals surface area (Å²) in [5.41, 5.74) is 0.921. The topological polar surface area (TPSA) is 71.2 Å². The van der Waals surface area contributed by atoms with E-state index in [-0.39, 0.29) is 0 Å². The summed E-state index contributed by atoms with van der Waals surface area (Å²) in [7, 11) is 0. The second kappa shape index (κ2) is 6.25. The summed E-state index contributed by atoms with van der Waals surface area (Å²) >= 11 is 0. The van der Waals surface area contributed by atoms with E-state index >= 15 is 0 Å². The number of allylic oxidation sites excluding steroid dienone is 1. The number of aromatic nitrogens is 3. The SMILES string of the molecule is N=C(C=C[NH2+]c1ccc2nn(-c3cccnc3)cc2c1)C(F)(F)F. The molecule has 3 N–H and O–H groups in total. The predicted molar refractivity (Wildman–Crippen MR) is 83.4 cm³/mol. The van der Waals surface area contributed by atoms with Crippen molar-refractivity contribution in [2.24, 2.45) is 0 Å². The van der Waals surface area contributed by atoms with Crippen LogP contribution in [0.1, 0.15) is 0 Å². The summed E-state index contributed by atoms with van der Waals surface area (Å²) in [6.45, 7) is 0. The van der Waals surface area contributed by atoms with Crippen molar-refractivity contribution in [3.63, 3.8) is 0 Å². The number of quaternary nitrogens is 1. The predicted octanol–water partition coefficient (Wildman–Crippen LogP) is 2.71. The molecule has 0 saturated heterocycles. The molecule has 0 saturated carbocycles. The maximum atomic E-state index is 12.2. The van der Waals surface area contributed by atoms with Gasteiger partial charge in [0.2, 0.25) is 0 Å². The monoisotopic (exact) mass is 332 g/mol. The van der Waals surface area contributed by atoms with Gasteiger partial charge in [-0.3, -0.25) is 15.7 Å². The molecule has 0 unspecified atom stereocenters. The first-order valence-corrected chi connectivity index (χ1v) is 7.00. The van der Waals surface area contributed by atoms with Crippen LogP contribution in [0, 0.1) is 5.41 Å². The van der Waals surface area contributed by atoms with Crippen LogP contribution in [-0.2, 0) is 0 Å². The van der Waals surface area contributed by atoms with E-state index in [1.807, 2.05) is 18.3 Å². The first-order valence-electron chi connectivity index (χ1n) is 7.00. The van der Waals surface area contributed by atoms with E-state index in [2.05, 4.69) is 10.1 Å². The maximum Gasteiger partial charge on any atom is 0.432 e. The van der Waals surface area contributed by atoms with Gasteiger partial charge >= 0.3 is 6.18 Å². The van der Waals surface area contributed by atoms with Gasteiger partial charge in [-0.05, 0) is 18.2 Å². The minimum atomic E-state index is -4.63. The fourth-order valence-corrected chi connectivity index (χ4v) is 2.12. The van der Waals surface area contributed by atoms with Crippen LogP contribution < -0.4 is 5.32 Å². The maximum absolute atomic E-state index is 12.2. The summed E-state index contributed by atoms with van der Waals surface area (Å²) < 4.78 is 38.4. The Labute approximate surface area is 134 Å². The summed E-state index contributed by atoms with van der Waals surface area (Å²) in [6, 6.07) is 9.04. The van der Waals surface area contributed by atoms with E-state index in [1.54, 1.807) is 35.3 Å². The Morgan fingerprint density at radius 1 is 1.25 bits per heavy atom. The number of alkyl halides is 3. The molecule has 0 aliphatic heterocycles. The minimum absolute atomic E-state index is 0.722. The molecule has 3 aromatic rings. The minimum Gasteiger partial charge on any atom is -0.296 e. The van der Waals surface area contributed by atoms with Gasteiger partial charge in [-0.1, -0.05) is 0 Å². The number of fused-ring (bicyclic) bond motifs is 1. The third-order valence-electron chi connectivity index (χ3n) is 3.30. The van der Waals surface area contributed by atoms with Crippen LogP contribution in [0.3, 0.4) is 0 Å². The van der Waals surface area contributed by atoms with E-state index in [0.717, 1.165) is 28.4 Å². The fourth-order valence-electron chi connectivity index (χ4n) is 2.12.